The Hall–Kier alpha value is -2.34. The summed E-state index contributed by atoms with van der Waals surface area (Å²) in [6.07, 6.45) is 3.35. The van der Waals surface area contributed by atoms with Crippen molar-refractivity contribution in [2.75, 3.05) is 12.3 Å². The van der Waals surface area contributed by atoms with Gasteiger partial charge in [-0.3, -0.25) is 4.79 Å². The van der Waals surface area contributed by atoms with Gasteiger partial charge < -0.3 is 20.1 Å². The van der Waals surface area contributed by atoms with Crippen molar-refractivity contribution in [3.8, 4) is 0 Å². The number of hydrogen-bond acceptors (Lipinski definition) is 4. The monoisotopic (exact) mass is 288 g/mol. The van der Waals surface area contributed by atoms with E-state index in [4.69, 9.17) is 10.5 Å². The predicted molar refractivity (Wildman–Crippen MR) is 78.6 cm³/mol. The Bertz CT molecular complexity index is 760. The lowest BCUT2D eigenvalue weighted by molar-refractivity contribution is 0.0693. The van der Waals surface area contributed by atoms with Crippen LogP contribution in [0.5, 0.6) is 0 Å². The fourth-order valence-electron chi connectivity index (χ4n) is 2.77. The van der Waals surface area contributed by atoms with Gasteiger partial charge in [0.05, 0.1) is 17.0 Å². The maximum atomic E-state index is 12.3. The van der Waals surface area contributed by atoms with Crippen LogP contribution in [0.3, 0.4) is 0 Å². The zero-order chi connectivity index (χ0) is 15.0. The second-order valence-corrected chi connectivity index (χ2v) is 5.21. The van der Waals surface area contributed by atoms with E-state index < -0.39 is 11.4 Å². The summed E-state index contributed by atoms with van der Waals surface area (Å²) in [5, 5.41) is 9.48. The summed E-state index contributed by atoms with van der Waals surface area (Å²) in [4.78, 5) is 23.6. The molecule has 1 aromatic heterocycles. The SMILES string of the molecule is Nc1cccc2c1c(=O)c(C(=O)O)cn2CC1CCCO1. The summed E-state index contributed by atoms with van der Waals surface area (Å²) < 4.78 is 7.35. The van der Waals surface area contributed by atoms with Gasteiger partial charge in [-0.05, 0) is 25.0 Å². The van der Waals surface area contributed by atoms with Crippen LogP contribution < -0.4 is 11.2 Å². The quantitative estimate of drug-likeness (QED) is 0.834. The molecule has 3 rings (SSSR count). The van der Waals surface area contributed by atoms with Crippen molar-refractivity contribution >= 4 is 22.6 Å². The predicted octanol–water partition coefficient (Wildman–Crippen LogP) is 1.46. The average molecular weight is 288 g/mol. The summed E-state index contributed by atoms with van der Waals surface area (Å²) in [6, 6.07) is 5.13. The van der Waals surface area contributed by atoms with Gasteiger partial charge in [-0.1, -0.05) is 6.07 Å². The Morgan fingerprint density at radius 1 is 1.48 bits per heavy atom. The van der Waals surface area contributed by atoms with Crippen LogP contribution in [-0.2, 0) is 11.3 Å². The van der Waals surface area contributed by atoms with Gasteiger partial charge in [0.25, 0.3) is 0 Å². The lowest BCUT2D eigenvalue weighted by Crippen LogP contribution is -2.23. The highest BCUT2D eigenvalue weighted by Crippen LogP contribution is 2.21. The largest absolute Gasteiger partial charge is 0.477 e. The maximum Gasteiger partial charge on any atom is 0.341 e. The number of hydrogen-bond donors (Lipinski definition) is 2. The number of carboxylic acid groups (broad SMARTS) is 1. The number of benzene rings is 1. The molecule has 0 bridgehead atoms. The molecule has 1 aliphatic heterocycles. The first kappa shape index (κ1) is 13.6. The molecule has 1 unspecified atom stereocenters. The van der Waals surface area contributed by atoms with E-state index in [2.05, 4.69) is 0 Å². The van der Waals surface area contributed by atoms with Crippen LogP contribution in [0.2, 0.25) is 0 Å². The molecule has 3 N–H and O–H groups in total. The van der Waals surface area contributed by atoms with Crippen LogP contribution in [0.4, 0.5) is 5.69 Å². The minimum atomic E-state index is -1.24. The van der Waals surface area contributed by atoms with E-state index in [1.165, 1.54) is 6.20 Å². The number of fused-ring (bicyclic) bond motifs is 1. The van der Waals surface area contributed by atoms with Crippen molar-refractivity contribution in [1.82, 2.24) is 4.57 Å². The third kappa shape index (κ3) is 2.38. The molecule has 0 saturated carbocycles. The first-order valence-electron chi connectivity index (χ1n) is 6.84. The van der Waals surface area contributed by atoms with Crippen LogP contribution >= 0.6 is 0 Å². The van der Waals surface area contributed by atoms with Crippen LogP contribution in [0.25, 0.3) is 10.9 Å². The molecule has 110 valence electrons. The Kier molecular flexibility index (Phi) is 3.39. The number of aromatic nitrogens is 1. The normalized spacial score (nSPS) is 18.2. The minimum Gasteiger partial charge on any atom is -0.477 e. The van der Waals surface area contributed by atoms with Crippen molar-refractivity contribution in [2.45, 2.75) is 25.5 Å². The number of ether oxygens (including phenoxy) is 1. The molecule has 0 amide bonds. The van der Waals surface area contributed by atoms with Crippen molar-refractivity contribution < 1.29 is 14.6 Å². The third-order valence-corrected chi connectivity index (χ3v) is 3.80. The molecule has 6 heteroatoms. The number of aromatic carboxylic acids is 1. The highest BCUT2D eigenvalue weighted by atomic mass is 16.5. The lowest BCUT2D eigenvalue weighted by atomic mass is 10.1. The second-order valence-electron chi connectivity index (χ2n) is 5.21. The number of nitrogens with two attached hydrogens (primary N) is 1. The molecule has 6 nitrogen and oxygen atoms in total. The molecule has 1 fully saturated rings. The van der Waals surface area contributed by atoms with Gasteiger partial charge in [-0.2, -0.15) is 0 Å². The number of nitrogens with zero attached hydrogens (tertiary/aromatic N) is 1. The topological polar surface area (TPSA) is 94.5 Å². The zero-order valence-electron chi connectivity index (χ0n) is 11.4. The van der Waals surface area contributed by atoms with Crippen LogP contribution in [0.15, 0.2) is 29.2 Å². The summed E-state index contributed by atoms with van der Waals surface area (Å²) in [6.45, 7) is 1.23. The number of pyridine rings is 1. The van der Waals surface area contributed by atoms with Gasteiger partial charge in [0.2, 0.25) is 5.43 Å². The molecule has 1 atom stereocenters. The van der Waals surface area contributed by atoms with E-state index in [-0.39, 0.29) is 17.1 Å². The molecule has 1 saturated heterocycles. The van der Waals surface area contributed by atoms with E-state index in [1.54, 1.807) is 22.8 Å². The number of anilines is 1. The molecule has 1 aromatic carbocycles. The Morgan fingerprint density at radius 2 is 2.29 bits per heavy atom. The van der Waals surface area contributed by atoms with Gasteiger partial charge in [0, 0.05) is 25.0 Å². The van der Waals surface area contributed by atoms with Crippen molar-refractivity contribution in [3.63, 3.8) is 0 Å². The first-order valence-corrected chi connectivity index (χ1v) is 6.84. The zero-order valence-corrected chi connectivity index (χ0v) is 11.4. The molecule has 0 radical (unpaired) electrons. The number of rotatable bonds is 3. The van der Waals surface area contributed by atoms with Crippen molar-refractivity contribution in [2.24, 2.45) is 0 Å². The van der Waals surface area contributed by atoms with E-state index in [0.717, 1.165) is 19.4 Å². The highest BCUT2D eigenvalue weighted by molar-refractivity contribution is 5.97. The summed E-state index contributed by atoms with van der Waals surface area (Å²) in [7, 11) is 0. The van der Waals surface area contributed by atoms with Crippen molar-refractivity contribution in [3.05, 3.63) is 40.2 Å². The van der Waals surface area contributed by atoms with Crippen LogP contribution in [-0.4, -0.2) is 28.4 Å². The van der Waals surface area contributed by atoms with Gasteiger partial charge in [-0.25, -0.2) is 4.79 Å². The fraction of sp³-hybridized carbons (Fsp3) is 0.333. The molecule has 21 heavy (non-hydrogen) atoms. The third-order valence-electron chi connectivity index (χ3n) is 3.80. The molecule has 2 heterocycles. The molecule has 2 aromatic rings. The average Bonchev–Trinajstić information content (AvgIpc) is 2.94. The standard InChI is InChI=1S/C15H16N2O4/c16-11-4-1-5-12-13(11)14(18)10(15(19)20)8-17(12)7-9-3-2-6-21-9/h1,4-5,8-9H,2-3,6-7,16H2,(H,19,20). The summed E-state index contributed by atoms with van der Waals surface area (Å²) in [5.74, 6) is -1.24. The molecular weight excluding hydrogens is 272 g/mol. The molecule has 1 aliphatic rings. The van der Waals surface area contributed by atoms with E-state index in [9.17, 15) is 14.7 Å². The number of carboxylic acids is 1. The van der Waals surface area contributed by atoms with Crippen LogP contribution in [0, 0.1) is 0 Å². The van der Waals surface area contributed by atoms with Gasteiger partial charge in [-0.15, -0.1) is 0 Å². The Balaban J connectivity index is 2.22. The van der Waals surface area contributed by atoms with E-state index in [0.29, 0.717) is 17.7 Å². The molecule has 0 spiro atoms. The molecular formula is C15H16N2O4. The van der Waals surface area contributed by atoms with Gasteiger partial charge in [0.1, 0.15) is 5.56 Å². The number of carbonyl (C=O) groups is 1. The maximum absolute atomic E-state index is 12.3. The highest BCUT2D eigenvalue weighted by Gasteiger charge is 2.20. The number of nitrogen functional groups attached to an aromatic ring is 1. The summed E-state index contributed by atoms with van der Waals surface area (Å²) >= 11 is 0. The Morgan fingerprint density at radius 3 is 2.95 bits per heavy atom. The van der Waals surface area contributed by atoms with E-state index in [1.807, 2.05) is 0 Å². The second kappa shape index (κ2) is 5.21. The molecule has 0 aliphatic carbocycles. The van der Waals surface area contributed by atoms with E-state index >= 15 is 0 Å². The van der Waals surface area contributed by atoms with Gasteiger partial charge >= 0.3 is 5.97 Å². The smallest absolute Gasteiger partial charge is 0.341 e. The van der Waals surface area contributed by atoms with Crippen molar-refractivity contribution in [1.29, 1.82) is 0 Å². The first-order chi connectivity index (χ1) is 10.1. The van der Waals surface area contributed by atoms with Gasteiger partial charge in [0.15, 0.2) is 0 Å². The Labute approximate surface area is 120 Å². The summed E-state index contributed by atoms with van der Waals surface area (Å²) in [5.41, 5.74) is 5.99. The lowest BCUT2D eigenvalue weighted by Gasteiger charge is -2.16. The minimum absolute atomic E-state index is 0.0405. The van der Waals surface area contributed by atoms with Crippen LogP contribution in [0.1, 0.15) is 23.2 Å². The fourth-order valence-corrected chi connectivity index (χ4v) is 2.77.